The van der Waals surface area contributed by atoms with Crippen molar-refractivity contribution in [3.05, 3.63) is 34.9 Å². The molecule has 1 aromatic rings. The Morgan fingerprint density at radius 3 is 2.41 bits per heavy atom. The van der Waals surface area contributed by atoms with Crippen molar-refractivity contribution < 1.29 is 18.4 Å². The molecule has 0 aromatic heterocycles. The van der Waals surface area contributed by atoms with Crippen LogP contribution >= 0.6 is 11.6 Å². The van der Waals surface area contributed by atoms with E-state index in [1.807, 2.05) is 0 Å². The zero-order valence-corrected chi connectivity index (χ0v) is 12.8. The summed E-state index contributed by atoms with van der Waals surface area (Å²) >= 11 is 5.78. The van der Waals surface area contributed by atoms with Gasteiger partial charge in [-0.25, -0.2) is 8.78 Å². The molecule has 0 heterocycles. The lowest BCUT2D eigenvalue weighted by Crippen LogP contribution is -2.42. The van der Waals surface area contributed by atoms with Gasteiger partial charge in [0.25, 0.3) is 5.92 Å². The molecule has 1 rings (SSSR count). The molecule has 0 radical (unpaired) electrons. The van der Waals surface area contributed by atoms with Gasteiger partial charge in [0.05, 0.1) is 25.6 Å². The van der Waals surface area contributed by atoms with Gasteiger partial charge < -0.3 is 16.4 Å². The van der Waals surface area contributed by atoms with Gasteiger partial charge in [-0.3, -0.25) is 9.59 Å². The molecule has 22 heavy (non-hydrogen) atoms. The van der Waals surface area contributed by atoms with Gasteiger partial charge in [-0.2, -0.15) is 0 Å². The summed E-state index contributed by atoms with van der Waals surface area (Å²) in [5, 5.41) is 5.23. The molecule has 0 bridgehead atoms. The minimum Gasteiger partial charge on any atom is -0.350 e. The highest BCUT2D eigenvalue weighted by molar-refractivity contribution is 6.30. The van der Waals surface area contributed by atoms with Crippen LogP contribution in [0.3, 0.4) is 0 Å². The number of benzene rings is 1. The molecule has 0 saturated heterocycles. The van der Waals surface area contributed by atoms with Crippen molar-refractivity contribution in [3.8, 4) is 0 Å². The van der Waals surface area contributed by atoms with E-state index in [9.17, 15) is 18.4 Å². The highest BCUT2D eigenvalue weighted by Gasteiger charge is 2.27. The fourth-order valence-corrected chi connectivity index (χ4v) is 1.88. The Morgan fingerprint density at radius 1 is 1.32 bits per heavy atom. The van der Waals surface area contributed by atoms with Gasteiger partial charge in [0.15, 0.2) is 0 Å². The lowest BCUT2D eigenvalue weighted by molar-refractivity contribution is -0.124. The molecule has 5 nitrogen and oxygen atoms in total. The van der Waals surface area contributed by atoms with Gasteiger partial charge in [-0.15, -0.1) is 0 Å². The van der Waals surface area contributed by atoms with E-state index in [0.29, 0.717) is 10.6 Å². The fourth-order valence-electron chi connectivity index (χ4n) is 1.75. The van der Waals surface area contributed by atoms with E-state index in [4.69, 9.17) is 17.3 Å². The van der Waals surface area contributed by atoms with Crippen LogP contribution < -0.4 is 16.4 Å². The van der Waals surface area contributed by atoms with Crippen LogP contribution in [0.15, 0.2) is 24.3 Å². The van der Waals surface area contributed by atoms with Crippen LogP contribution in [0.4, 0.5) is 8.78 Å². The van der Waals surface area contributed by atoms with Crippen LogP contribution in [-0.4, -0.2) is 30.8 Å². The molecule has 0 spiro atoms. The summed E-state index contributed by atoms with van der Waals surface area (Å²) < 4.78 is 26.0. The summed E-state index contributed by atoms with van der Waals surface area (Å²) in [6, 6.07) is 5.93. The van der Waals surface area contributed by atoms with Crippen LogP contribution in [0.5, 0.6) is 0 Å². The summed E-state index contributed by atoms with van der Waals surface area (Å²) in [5.41, 5.74) is 5.55. The molecule has 0 aliphatic carbocycles. The van der Waals surface area contributed by atoms with E-state index in [2.05, 4.69) is 10.6 Å². The Morgan fingerprint density at radius 2 is 1.91 bits per heavy atom. The van der Waals surface area contributed by atoms with E-state index in [-0.39, 0.29) is 12.3 Å². The number of hydrogen-bond donors (Lipinski definition) is 3. The number of hydrogen-bond acceptors (Lipinski definition) is 3. The van der Waals surface area contributed by atoms with Gasteiger partial charge in [-0.1, -0.05) is 23.7 Å². The van der Waals surface area contributed by atoms with Crippen molar-refractivity contribution in [1.82, 2.24) is 10.6 Å². The Hall–Kier alpha value is -1.73. The second-order valence-corrected chi connectivity index (χ2v) is 5.28. The first-order valence-electron chi connectivity index (χ1n) is 6.60. The fraction of sp³-hybridized carbons (Fsp3) is 0.429. The largest absolute Gasteiger partial charge is 0.350 e. The van der Waals surface area contributed by atoms with Gasteiger partial charge in [0, 0.05) is 11.9 Å². The minimum atomic E-state index is -3.15. The summed E-state index contributed by atoms with van der Waals surface area (Å²) in [6.45, 7) is -0.376. The molecular formula is C14H18ClF2N3O2. The zero-order valence-electron chi connectivity index (χ0n) is 12.0. The third kappa shape index (κ3) is 6.36. The monoisotopic (exact) mass is 333 g/mol. The molecule has 0 fully saturated rings. The molecule has 2 amide bonds. The quantitative estimate of drug-likeness (QED) is 0.709. The van der Waals surface area contributed by atoms with Gasteiger partial charge in [-0.05, 0) is 17.7 Å². The topological polar surface area (TPSA) is 84.2 Å². The Balaban J connectivity index is 2.71. The molecule has 8 heteroatoms. The number of nitrogens with one attached hydrogen (secondary N) is 2. The third-order valence-electron chi connectivity index (χ3n) is 2.88. The van der Waals surface area contributed by atoms with Crippen LogP contribution in [0, 0.1) is 0 Å². The number of carbonyl (C=O) groups excluding carboxylic acids is 2. The molecule has 4 N–H and O–H groups in total. The molecule has 1 atom stereocenters. The van der Waals surface area contributed by atoms with Crippen molar-refractivity contribution in [2.75, 3.05) is 13.1 Å². The van der Waals surface area contributed by atoms with Gasteiger partial charge >= 0.3 is 0 Å². The smallest absolute Gasteiger partial charge is 0.277 e. The number of amides is 2. The highest BCUT2D eigenvalue weighted by Crippen LogP contribution is 2.19. The Kier molecular flexibility index (Phi) is 6.70. The number of rotatable bonds is 7. The second kappa shape index (κ2) is 8.05. The van der Waals surface area contributed by atoms with E-state index in [1.54, 1.807) is 24.3 Å². The zero-order chi connectivity index (χ0) is 16.8. The molecular weight excluding hydrogens is 316 g/mol. The number of alkyl halides is 2. The Bertz CT molecular complexity index is 523. The van der Waals surface area contributed by atoms with Crippen LogP contribution in [0.25, 0.3) is 0 Å². The predicted molar refractivity (Wildman–Crippen MR) is 79.6 cm³/mol. The van der Waals surface area contributed by atoms with Crippen molar-refractivity contribution in [3.63, 3.8) is 0 Å². The van der Waals surface area contributed by atoms with E-state index in [0.717, 1.165) is 0 Å². The lowest BCUT2D eigenvalue weighted by Gasteiger charge is -2.19. The Labute approximate surface area is 132 Å². The SMILES string of the molecule is CC(=O)NC(CC(=O)NCC(F)(F)CN)c1ccc(Cl)cc1. The van der Waals surface area contributed by atoms with Crippen LogP contribution in [-0.2, 0) is 9.59 Å². The average Bonchev–Trinajstić information content (AvgIpc) is 2.45. The lowest BCUT2D eigenvalue weighted by atomic mass is 10.0. The normalized spacial score (nSPS) is 12.6. The molecule has 122 valence electrons. The average molecular weight is 334 g/mol. The van der Waals surface area contributed by atoms with Crippen molar-refractivity contribution in [2.45, 2.75) is 25.3 Å². The second-order valence-electron chi connectivity index (χ2n) is 4.85. The summed E-state index contributed by atoms with van der Waals surface area (Å²) in [5.74, 6) is -4.10. The van der Waals surface area contributed by atoms with Gasteiger partial charge in [0.1, 0.15) is 0 Å². The maximum absolute atomic E-state index is 13.0. The third-order valence-corrected chi connectivity index (χ3v) is 3.13. The van der Waals surface area contributed by atoms with Crippen LogP contribution in [0.1, 0.15) is 24.9 Å². The molecule has 1 unspecified atom stereocenters. The summed E-state index contributed by atoms with van der Waals surface area (Å²) in [7, 11) is 0. The number of nitrogens with two attached hydrogens (primary N) is 1. The minimum absolute atomic E-state index is 0.165. The van der Waals surface area contributed by atoms with Crippen molar-refractivity contribution in [1.29, 1.82) is 0 Å². The molecule has 1 aromatic carbocycles. The number of carbonyl (C=O) groups is 2. The van der Waals surface area contributed by atoms with E-state index in [1.165, 1.54) is 6.92 Å². The first-order valence-corrected chi connectivity index (χ1v) is 6.98. The summed E-state index contributed by atoms with van der Waals surface area (Å²) in [4.78, 5) is 23.0. The maximum atomic E-state index is 13.0. The first kappa shape index (κ1) is 18.3. The number of halogens is 3. The first-order chi connectivity index (χ1) is 10.2. The van der Waals surface area contributed by atoms with Crippen molar-refractivity contribution in [2.24, 2.45) is 5.73 Å². The standard InChI is InChI=1S/C14H18ClF2N3O2/c1-9(21)20-12(10-2-4-11(15)5-3-10)6-13(22)19-8-14(16,17)7-18/h2-5,12H,6-8,18H2,1H3,(H,19,22)(H,20,21). The molecule has 0 aliphatic heterocycles. The molecule has 0 saturated carbocycles. The maximum Gasteiger partial charge on any atom is 0.277 e. The van der Waals surface area contributed by atoms with Crippen LogP contribution in [0.2, 0.25) is 5.02 Å². The molecule has 0 aliphatic rings. The van der Waals surface area contributed by atoms with Gasteiger partial charge in [0.2, 0.25) is 11.8 Å². The van der Waals surface area contributed by atoms with Crippen molar-refractivity contribution >= 4 is 23.4 Å². The summed E-state index contributed by atoms with van der Waals surface area (Å²) in [6.07, 6.45) is -0.165. The van der Waals surface area contributed by atoms with E-state index >= 15 is 0 Å². The highest BCUT2D eigenvalue weighted by atomic mass is 35.5. The van der Waals surface area contributed by atoms with E-state index < -0.39 is 31.0 Å². The predicted octanol–water partition coefficient (Wildman–Crippen LogP) is 1.62.